The first kappa shape index (κ1) is 17.2. The van der Waals surface area contributed by atoms with Gasteiger partial charge in [-0.25, -0.2) is 0 Å². The molecule has 0 bridgehead atoms. The largest absolute Gasteiger partial charge is 0.324 e. The summed E-state index contributed by atoms with van der Waals surface area (Å²) in [5.74, 6) is -1.66. The second-order valence-corrected chi connectivity index (χ2v) is 8.56. The minimum Gasteiger partial charge on any atom is -0.324 e. The number of imide groups is 1. The Morgan fingerprint density at radius 2 is 2.07 bits per heavy atom. The van der Waals surface area contributed by atoms with Crippen molar-refractivity contribution in [2.75, 3.05) is 11.9 Å². The van der Waals surface area contributed by atoms with Gasteiger partial charge in [0.1, 0.15) is 5.54 Å². The number of fused-ring (bicyclic) bond motifs is 7. The minimum atomic E-state index is -1.12. The summed E-state index contributed by atoms with van der Waals surface area (Å²) >= 11 is 6.27. The Labute approximate surface area is 162 Å². The molecule has 3 saturated heterocycles. The number of hydrogen-bond acceptors (Lipinski definition) is 4. The number of hydrogen-bond donors (Lipinski definition) is 1. The van der Waals surface area contributed by atoms with Crippen molar-refractivity contribution in [1.29, 1.82) is 0 Å². The molecule has 0 saturated carbocycles. The molecule has 0 radical (unpaired) electrons. The molecule has 4 aliphatic rings. The van der Waals surface area contributed by atoms with E-state index < -0.39 is 17.4 Å². The average Bonchev–Trinajstić information content (AvgIpc) is 3.33. The first-order valence-corrected chi connectivity index (χ1v) is 10.1. The topological polar surface area (TPSA) is 69.7 Å². The van der Waals surface area contributed by atoms with E-state index in [-0.39, 0.29) is 29.8 Å². The maximum atomic E-state index is 13.5. The van der Waals surface area contributed by atoms with Crippen LogP contribution in [-0.2, 0) is 19.9 Å². The molecule has 142 valence electrons. The van der Waals surface area contributed by atoms with Gasteiger partial charge in [-0.1, -0.05) is 18.5 Å². The molecule has 4 aliphatic heterocycles. The van der Waals surface area contributed by atoms with Crippen molar-refractivity contribution < 1.29 is 14.4 Å². The minimum absolute atomic E-state index is 0.0730. The lowest BCUT2D eigenvalue weighted by atomic mass is 9.75. The molecule has 0 aromatic heterocycles. The fraction of sp³-hybridized carbons (Fsp3) is 0.550. The third kappa shape index (κ3) is 1.88. The molecule has 5 rings (SSSR count). The summed E-state index contributed by atoms with van der Waals surface area (Å²) in [7, 11) is 0. The fourth-order valence-electron chi connectivity index (χ4n) is 5.81. The molecule has 4 heterocycles. The molecule has 7 heteroatoms. The number of anilines is 1. The first-order valence-electron chi connectivity index (χ1n) is 9.68. The Bertz CT molecular complexity index is 887. The first-order chi connectivity index (χ1) is 12.9. The Balaban J connectivity index is 1.74. The van der Waals surface area contributed by atoms with Gasteiger partial charge in [0.2, 0.25) is 17.7 Å². The van der Waals surface area contributed by atoms with Crippen molar-refractivity contribution in [3.8, 4) is 0 Å². The van der Waals surface area contributed by atoms with Crippen LogP contribution in [0.1, 0.15) is 38.7 Å². The summed E-state index contributed by atoms with van der Waals surface area (Å²) in [5.41, 5.74) is 0.311. The van der Waals surface area contributed by atoms with Gasteiger partial charge in [0.15, 0.2) is 0 Å². The number of likely N-dealkylation sites (tertiary alicyclic amines) is 1. The van der Waals surface area contributed by atoms with Gasteiger partial charge in [-0.3, -0.25) is 24.2 Å². The monoisotopic (exact) mass is 387 g/mol. The van der Waals surface area contributed by atoms with Crippen LogP contribution in [0, 0.1) is 11.8 Å². The Hall–Kier alpha value is -1.92. The van der Waals surface area contributed by atoms with Gasteiger partial charge in [-0.15, -0.1) is 0 Å². The van der Waals surface area contributed by atoms with Gasteiger partial charge >= 0.3 is 0 Å². The number of nitrogens with one attached hydrogen (secondary N) is 1. The number of halogens is 1. The van der Waals surface area contributed by atoms with Crippen LogP contribution in [0.5, 0.6) is 0 Å². The van der Waals surface area contributed by atoms with E-state index in [9.17, 15) is 14.4 Å². The lowest BCUT2D eigenvalue weighted by Gasteiger charge is -2.37. The van der Waals surface area contributed by atoms with Crippen LogP contribution in [0.25, 0.3) is 0 Å². The SMILES string of the molecule is CCC(C)N1C(=O)[C@@H]2C3CCCN3C3(C(=O)Nc4ccc(Cl)cc43)[C@@H]2C1=O. The van der Waals surface area contributed by atoms with Gasteiger partial charge in [0, 0.05) is 28.4 Å². The zero-order valence-electron chi connectivity index (χ0n) is 15.4. The summed E-state index contributed by atoms with van der Waals surface area (Å²) < 4.78 is 0. The Morgan fingerprint density at radius 1 is 1.30 bits per heavy atom. The summed E-state index contributed by atoms with van der Waals surface area (Å²) in [4.78, 5) is 43.7. The van der Waals surface area contributed by atoms with E-state index in [0.29, 0.717) is 23.7 Å². The van der Waals surface area contributed by atoms with E-state index in [0.717, 1.165) is 18.4 Å². The summed E-state index contributed by atoms with van der Waals surface area (Å²) in [6.45, 7) is 4.57. The van der Waals surface area contributed by atoms with Crippen molar-refractivity contribution in [1.82, 2.24) is 9.80 Å². The molecular formula is C20H22ClN3O3. The Kier molecular flexibility index (Phi) is 3.53. The average molecular weight is 388 g/mol. The van der Waals surface area contributed by atoms with E-state index in [1.807, 2.05) is 13.8 Å². The molecule has 1 aromatic rings. The molecule has 1 aromatic carbocycles. The quantitative estimate of drug-likeness (QED) is 0.791. The van der Waals surface area contributed by atoms with Crippen LogP contribution >= 0.6 is 11.6 Å². The highest BCUT2D eigenvalue weighted by Gasteiger charge is 2.74. The van der Waals surface area contributed by atoms with Gasteiger partial charge in [-0.2, -0.15) is 0 Å². The number of carbonyl (C=O) groups is 3. The number of rotatable bonds is 2. The molecule has 1 N–H and O–H groups in total. The van der Waals surface area contributed by atoms with Crippen molar-refractivity contribution >= 4 is 35.0 Å². The highest BCUT2D eigenvalue weighted by atomic mass is 35.5. The third-order valence-corrected chi connectivity index (χ3v) is 7.26. The number of amides is 3. The highest BCUT2D eigenvalue weighted by molar-refractivity contribution is 6.31. The van der Waals surface area contributed by atoms with Crippen LogP contribution in [0.3, 0.4) is 0 Å². The smallest absolute Gasteiger partial charge is 0.250 e. The molecule has 3 fully saturated rings. The molecular weight excluding hydrogens is 366 g/mol. The van der Waals surface area contributed by atoms with Gasteiger partial charge in [0.25, 0.3) is 0 Å². The highest BCUT2D eigenvalue weighted by Crippen LogP contribution is 2.60. The lowest BCUT2D eigenvalue weighted by Crippen LogP contribution is -2.54. The van der Waals surface area contributed by atoms with Crippen LogP contribution < -0.4 is 5.32 Å². The van der Waals surface area contributed by atoms with Crippen molar-refractivity contribution in [2.24, 2.45) is 11.8 Å². The molecule has 27 heavy (non-hydrogen) atoms. The predicted molar refractivity (Wildman–Crippen MR) is 100 cm³/mol. The standard InChI is InChI=1S/C20H22ClN3O3/c1-3-10(2)24-17(25)15-14-5-4-8-23(14)20(16(15)18(24)26)12-9-11(21)6-7-13(12)22-19(20)27/h6-7,9-10,14-16H,3-5,8H2,1-2H3,(H,22,27)/t10?,14?,15-,16+,20?/m1/s1. The van der Waals surface area contributed by atoms with Crippen LogP contribution in [0.4, 0.5) is 5.69 Å². The van der Waals surface area contributed by atoms with Crippen molar-refractivity contribution in [2.45, 2.75) is 50.7 Å². The van der Waals surface area contributed by atoms with E-state index in [2.05, 4.69) is 10.2 Å². The molecule has 3 unspecified atom stereocenters. The van der Waals surface area contributed by atoms with Crippen LogP contribution in [-0.4, -0.2) is 46.1 Å². The van der Waals surface area contributed by atoms with Crippen LogP contribution in [0.2, 0.25) is 5.02 Å². The fourth-order valence-corrected chi connectivity index (χ4v) is 5.99. The molecule has 1 spiro atoms. The molecule has 6 nitrogen and oxygen atoms in total. The molecule has 3 amide bonds. The second kappa shape index (κ2) is 5.55. The second-order valence-electron chi connectivity index (χ2n) is 8.12. The number of carbonyl (C=O) groups excluding carboxylic acids is 3. The van der Waals surface area contributed by atoms with Gasteiger partial charge < -0.3 is 5.32 Å². The van der Waals surface area contributed by atoms with Crippen molar-refractivity contribution in [3.63, 3.8) is 0 Å². The maximum Gasteiger partial charge on any atom is 0.250 e. The zero-order chi connectivity index (χ0) is 19.1. The summed E-state index contributed by atoms with van der Waals surface area (Å²) in [5, 5.41) is 3.48. The van der Waals surface area contributed by atoms with E-state index in [1.54, 1.807) is 18.2 Å². The Morgan fingerprint density at radius 3 is 2.81 bits per heavy atom. The van der Waals surface area contributed by atoms with E-state index in [4.69, 9.17) is 11.6 Å². The molecule has 0 aliphatic carbocycles. The van der Waals surface area contributed by atoms with E-state index >= 15 is 0 Å². The van der Waals surface area contributed by atoms with E-state index in [1.165, 1.54) is 4.90 Å². The third-order valence-electron chi connectivity index (χ3n) is 7.02. The predicted octanol–water partition coefficient (Wildman–Crippen LogP) is 2.37. The maximum absolute atomic E-state index is 13.5. The summed E-state index contributed by atoms with van der Waals surface area (Å²) in [6.07, 6.45) is 2.45. The van der Waals surface area contributed by atoms with Crippen LogP contribution in [0.15, 0.2) is 18.2 Å². The van der Waals surface area contributed by atoms with Gasteiger partial charge in [-0.05, 0) is 50.9 Å². The number of nitrogens with zero attached hydrogens (tertiary/aromatic N) is 2. The lowest BCUT2D eigenvalue weighted by molar-refractivity contribution is -0.147. The van der Waals surface area contributed by atoms with Gasteiger partial charge in [0.05, 0.1) is 11.8 Å². The normalized spacial score (nSPS) is 35.6. The zero-order valence-corrected chi connectivity index (χ0v) is 16.1. The summed E-state index contributed by atoms with van der Waals surface area (Å²) in [6, 6.07) is 5.08. The number of benzene rings is 1. The molecule has 5 atom stereocenters. The van der Waals surface area contributed by atoms with Crippen molar-refractivity contribution in [3.05, 3.63) is 28.8 Å².